The van der Waals surface area contributed by atoms with Crippen LogP contribution in [0.4, 0.5) is 19.0 Å². The Morgan fingerprint density at radius 2 is 2.09 bits per heavy atom. The van der Waals surface area contributed by atoms with Gasteiger partial charge in [0.05, 0.1) is 6.10 Å². The maximum Gasteiger partial charge on any atom is 0.420 e. The molecule has 8 heteroatoms. The summed E-state index contributed by atoms with van der Waals surface area (Å²) in [6.07, 6.45) is -5.51. The third kappa shape index (κ3) is 3.32. The number of alkyl halides is 3. The molecule has 2 atom stereocenters. The standard InChI is InChI=1S/C14H18F3N3O2/c1-7-3-8(2)19-13(12(7)14(15,16)17)20-5-9(4-11(18)22)10(21)6-20/h3,9-10,21H,4-6H2,1-2H3,(H2,18,22)/t9-,10-/m1/s1. The van der Waals surface area contributed by atoms with Crippen molar-refractivity contribution in [1.29, 1.82) is 0 Å². The van der Waals surface area contributed by atoms with Crippen LogP contribution in [0.25, 0.3) is 0 Å². The summed E-state index contributed by atoms with van der Waals surface area (Å²) in [7, 11) is 0. The van der Waals surface area contributed by atoms with Gasteiger partial charge in [-0.15, -0.1) is 0 Å². The number of hydrogen-bond donors (Lipinski definition) is 2. The second kappa shape index (κ2) is 5.75. The van der Waals surface area contributed by atoms with Gasteiger partial charge >= 0.3 is 6.18 Å². The second-order valence-electron chi connectivity index (χ2n) is 5.68. The lowest BCUT2D eigenvalue weighted by Crippen LogP contribution is -2.27. The van der Waals surface area contributed by atoms with Crippen LogP contribution in [-0.4, -0.2) is 35.2 Å². The fraction of sp³-hybridized carbons (Fsp3) is 0.571. The van der Waals surface area contributed by atoms with Gasteiger partial charge in [-0.3, -0.25) is 4.79 Å². The monoisotopic (exact) mass is 317 g/mol. The zero-order valence-electron chi connectivity index (χ0n) is 12.3. The van der Waals surface area contributed by atoms with Crippen LogP contribution in [-0.2, 0) is 11.0 Å². The van der Waals surface area contributed by atoms with Crippen LogP contribution < -0.4 is 10.6 Å². The summed E-state index contributed by atoms with van der Waals surface area (Å²) < 4.78 is 39.9. The van der Waals surface area contributed by atoms with Crippen molar-refractivity contribution in [2.45, 2.75) is 32.5 Å². The number of aliphatic hydroxyl groups is 1. The van der Waals surface area contributed by atoms with E-state index in [-0.39, 0.29) is 30.9 Å². The van der Waals surface area contributed by atoms with Crippen molar-refractivity contribution in [3.8, 4) is 0 Å². The molecule has 1 aliphatic heterocycles. The normalized spacial score (nSPS) is 22.2. The minimum absolute atomic E-state index is 0.00306. The van der Waals surface area contributed by atoms with Crippen LogP contribution in [0.15, 0.2) is 6.07 Å². The Labute approximate surface area is 125 Å². The molecule has 0 aliphatic carbocycles. The molecule has 0 unspecified atom stereocenters. The number of amides is 1. The largest absolute Gasteiger partial charge is 0.420 e. The number of nitrogens with zero attached hydrogens (tertiary/aromatic N) is 2. The molecule has 22 heavy (non-hydrogen) atoms. The maximum atomic E-state index is 13.3. The van der Waals surface area contributed by atoms with Gasteiger partial charge in [-0.1, -0.05) is 0 Å². The third-order valence-electron chi connectivity index (χ3n) is 3.78. The third-order valence-corrected chi connectivity index (χ3v) is 3.78. The van der Waals surface area contributed by atoms with Crippen molar-refractivity contribution in [3.05, 3.63) is 22.9 Å². The van der Waals surface area contributed by atoms with Gasteiger partial charge < -0.3 is 15.7 Å². The Morgan fingerprint density at radius 3 is 2.64 bits per heavy atom. The Bertz CT molecular complexity index is 589. The van der Waals surface area contributed by atoms with Crippen LogP contribution in [0.5, 0.6) is 0 Å². The number of hydrogen-bond acceptors (Lipinski definition) is 4. The summed E-state index contributed by atoms with van der Waals surface area (Å²) in [6, 6.07) is 1.37. The molecule has 3 N–H and O–H groups in total. The number of primary amides is 1. The predicted molar refractivity (Wildman–Crippen MR) is 74.2 cm³/mol. The number of carbonyl (C=O) groups excluding carboxylic acids is 1. The van der Waals surface area contributed by atoms with Crippen molar-refractivity contribution < 1.29 is 23.1 Å². The molecule has 0 aromatic carbocycles. The average molecular weight is 317 g/mol. The predicted octanol–water partition coefficient (Wildman–Crippen LogP) is 1.39. The molecule has 1 aromatic rings. The number of aryl methyl sites for hydroxylation is 2. The maximum absolute atomic E-state index is 13.3. The van der Waals surface area contributed by atoms with Gasteiger partial charge in [0.2, 0.25) is 5.91 Å². The van der Waals surface area contributed by atoms with E-state index in [2.05, 4.69) is 4.98 Å². The first-order valence-corrected chi connectivity index (χ1v) is 6.86. The molecule has 5 nitrogen and oxygen atoms in total. The van der Waals surface area contributed by atoms with E-state index in [0.29, 0.717) is 5.69 Å². The topological polar surface area (TPSA) is 79.5 Å². The van der Waals surface area contributed by atoms with Gasteiger partial charge in [0.25, 0.3) is 0 Å². The minimum Gasteiger partial charge on any atom is -0.391 e. The number of nitrogens with two attached hydrogens (primary N) is 1. The average Bonchev–Trinajstić information content (AvgIpc) is 2.67. The highest BCUT2D eigenvalue weighted by Gasteiger charge is 2.41. The van der Waals surface area contributed by atoms with Gasteiger partial charge in [-0.2, -0.15) is 13.2 Å². The van der Waals surface area contributed by atoms with Crippen LogP contribution in [0.3, 0.4) is 0 Å². The first-order chi connectivity index (χ1) is 10.1. The van der Waals surface area contributed by atoms with Crippen molar-refractivity contribution in [1.82, 2.24) is 4.98 Å². The highest BCUT2D eigenvalue weighted by atomic mass is 19.4. The molecule has 2 heterocycles. The highest BCUT2D eigenvalue weighted by molar-refractivity contribution is 5.74. The molecule has 2 rings (SSSR count). The van der Waals surface area contributed by atoms with Crippen LogP contribution in [0.2, 0.25) is 0 Å². The first kappa shape index (κ1) is 16.5. The smallest absolute Gasteiger partial charge is 0.391 e. The summed E-state index contributed by atoms with van der Waals surface area (Å²) in [6.45, 7) is 3.11. The minimum atomic E-state index is -4.53. The highest BCUT2D eigenvalue weighted by Crippen LogP contribution is 2.39. The van der Waals surface area contributed by atoms with Gasteiger partial charge in [-0.05, 0) is 25.5 Å². The quantitative estimate of drug-likeness (QED) is 0.883. The van der Waals surface area contributed by atoms with Gasteiger partial charge in [0.1, 0.15) is 11.4 Å². The molecule has 1 aliphatic rings. The van der Waals surface area contributed by atoms with Gasteiger partial charge in [0, 0.05) is 31.1 Å². The summed E-state index contributed by atoms with van der Waals surface area (Å²) in [5.74, 6) is -1.27. The Balaban J connectivity index is 2.39. The fourth-order valence-corrected chi connectivity index (χ4v) is 2.88. The number of rotatable bonds is 3. The Hall–Kier alpha value is -1.83. The van der Waals surface area contributed by atoms with Crippen molar-refractivity contribution in [2.75, 3.05) is 18.0 Å². The first-order valence-electron chi connectivity index (χ1n) is 6.86. The fourth-order valence-electron chi connectivity index (χ4n) is 2.88. The van der Waals surface area contributed by atoms with Crippen molar-refractivity contribution >= 4 is 11.7 Å². The molecule has 0 bridgehead atoms. The van der Waals surface area contributed by atoms with E-state index < -0.39 is 29.7 Å². The molecule has 0 radical (unpaired) electrons. The molecule has 0 saturated carbocycles. The molecule has 1 saturated heterocycles. The number of carbonyl (C=O) groups is 1. The zero-order valence-corrected chi connectivity index (χ0v) is 12.3. The molecule has 1 fully saturated rings. The summed E-state index contributed by atoms with van der Waals surface area (Å²) in [4.78, 5) is 16.4. The van der Waals surface area contributed by atoms with E-state index in [1.165, 1.54) is 17.9 Å². The van der Waals surface area contributed by atoms with Crippen LogP contribution in [0, 0.1) is 19.8 Å². The molecular formula is C14H18F3N3O2. The van der Waals surface area contributed by atoms with E-state index in [1.54, 1.807) is 6.92 Å². The lowest BCUT2D eigenvalue weighted by atomic mass is 10.0. The van der Waals surface area contributed by atoms with E-state index in [9.17, 15) is 23.1 Å². The van der Waals surface area contributed by atoms with Crippen molar-refractivity contribution in [2.24, 2.45) is 11.7 Å². The van der Waals surface area contributed by atoms with E-state index in [1.807, 2.05) is 0 Å². The van der Waals surface area contributed by atoms with Crippen LogP contribution >= 0.6 is 0 Å². The van der Waals surface area contributed by atoms with Crippen molar-refractivity contribution in [3.63, 3.8) is 0 Å². The van der Waals surface area contributed by atoms with E-state index in [0.717, 1.165) is 0 Å². The number of aromatic nitrogens is 1. The SMILES string of the molecule is Cc1cc(C)c(C(F)(F)F)c(N2C[C@@H](CC(N)=O)[C@H](O)C2)n1. The number of halogens is 3. The lowest BCUT2D eigenvalue weighted by molar-refractivity contribution is -0.137. The van der Waals surface area contributed by atoms with Crippen LogP contribution in [0.1, 0.15) is 23.2 Å². The lowest BCUT2D eigenvalue weighted by Gasteiger charge is -2.23. The van der Waals surface area contributed by atoms with Gasteiger partial charge in [0.15, 0.2) is 0 Å². The number of anilines is 1. The number of β-amino-alcohol motifs (C(OH)–C–C–N with tert-alkyl or cyclic N) is 1. The molecule has 1 amide bonds. The molecule has 1 aromatic heterocycles. The second-order valence-corrected chi connectivity index (χ2v) is 5.68. The summed E-state index contributed by atoms with van der Waals surface area (Å²) >= 11 is 0. The molecular weight excluding hydrogens is 299 g/mol. The Kier molecular flexibility index (Phi) is 4.32. The van der Waals surface area contributed by atoms with E-state index >= 15 is 0 Å². The summed E-state index contributed by atoms with van der Waals surface area (Å²) in [5, 5.41) is 9.94. The Morgan fingerprint density at radius 1 is 1.45 bits per heavy atom. The van der Waals surface area contributed by atoms with Gasteiger partial charge in [-0.25, -0.2) is 4.98 Å². The number of aliphatic hydroxyl groups excluding tert-OH is 1. The molecule has 0 spiro atoms. The molecule has 122 valence electrons. The zero-order chi connectivity index (χ0) is 16.7. The number of pyridine rings is 1. The van der Waals surface area contributed by atoms with E-state index in [4.69, 9.17) is 5.73 Å². The summed E-state index contributed by atoms with van der Waals surface area (Å²) in [5.41, 5.74) is 4.85.